The van der Waals surface area contributed by atoms with E-state index in [4.69, 9.17) is 14.7 Å². The van der Waals surface area contributed by atoms with Gasteiger partial charge in [-0.1, -0.05) is 17.7 Å². The van der Waals surface area contributed by atoms with Crippen molar-refractivity contribution in [2.24, 2.45) is 0 Å². The van der Waals surface area contributed by atoms with Crippen LogP contribution >= 0.6 is 11.3 Å². The van der Waals surface area contributed by atoms with Gasteiger partial charge in [-0.2, -0.15) is 9.29 Å². The number of piperazine rings is 1. The second kappa shape index (κ2) is 13.1. The molecule has 2 aliphatic rings. The number of nitrogens with one attached hydrogen (secondary N) is 1. The smallest absolute Gasteiger partial charge is 0.278 e. The molecule has 2 fully saturated rings. The first-order valence-electron chi connectivity index (χ1n) is 16.9. The second-order valence-corrected chi connectivity index (χ2v) is 18.0. The van der Waals surface area contributed by atoms with Crippen molar-refractivity contribution < 1.29 is 21.6 Å². The average Bonchev–Trinajstić information content (AvgIpc) is 3.80. The number of fused-ring (bicyclic) bond motifs is 4. The number of hydrogen-bond acceptors (Lipinski definition) is 12. The fourth-order valence-electron chi connectivity index (χ4n) is 7.22. The number of aryl methyl sites for hydroxylation is 1. The van der Waals surface area contributed by atoms with Crippen molar-refractivity contribution >= 4 is 75.6 Å². The van der Waals surface area contributed by atoms with Crippen LogP contribution in [0.4, 0.5) is 17.3 Å². The Hall–Kier alpha value is -4.55. The van der Waals surface area contributed by atoms with Gasteiger partial charge in [-0.25, -0.2) is 30.2 Å². The lowest BCUT2D eigenvalue weighted by Crippen LogP contribution is -2.54. The van der Waals surface area contributed by atoms with Gasteiger partial charge in [-0.3, -0.25) is 9.69 Å². The van der Waals surface area contributed by atoms with Gasteiger partial charge >= 0.3 is 0 Å². The normalized spacial score (nSPS) is 17.0. The van der Waals surface area contributed by atoms with E-state index in [1.54, 1.807) is 53.2 Å². The van der Waals surface area contributed by atoms with Crippen LogP contribution in [0.2, 0.25) is 0 Å². The quantitative estimate of drug-likeness (QED) is 0.239. The molecule has 0 amide bonds. The lowest BCUT2D eigenvalue weighted by atomic mass is 10.0. The molecule has 0 spiro atoms. The Morgan fingerprint density at radius 1 is 0.885 bits per heavy atom. The number of benzene rings is 2. The van der Waals surface area contributed by atoms with Gasteiger partial charge < -0.3 is 15.0 Å². The molecular formula is C35H38N8O6S3. The molecule has 0 atom stereocenters. The molecule has 6 heterocycles. The van der Waals surface area contributed by atoms with E-state index < -0.39 is 20.0 Å². The summed E-state index contributed by atoms with van der Waals surface area (Å²) in [6, 6.07) is 16.2. The number of nitrogens with zero attached hydrogens (tertiary/aromatic N) is 7. The lowest BCUT2D eigenvalue weighted by Gasteiger charge is -2.42. The molecule has 0 radical (unpaired) electrons. The van der Waals surface area contributed by atoms with E-state index in [0.29, 0.717) is 46.2 Å². The predicted molar refractivity (Wildman–Crippen MR) is 203 cm³/mol. The zero-order chi connectivity index (χ0) is 36.4. The van der Waals surface area contributed by atoms with Crippen molar-refractivity contribution in [3.05, 3.63) is 82.1 Å². The van der Waals surface area contributed by atoms with Gasteiger partial charge in [0.15, 0.2) is 11.3 Å². The summed E-state index contributed by atoms with van der Waals surface area (Å²) < 4.78 is 62.0. The predicted octanol–water partition coefficient (Wildman–Crippen LogP) is 4.10. The van der Waals surface area contributed by atoms with Gasteiger partial charge in [0.05, 0.1) is 34.9 Å². The van der Waals surface area contributed by atoms with E-state index in [2.05, 4.69) is 15.1 Å². The summed E-state index contributed by atoms with van der Waals surface area (Å²) in [5.74, 6) is 0.615. The van der Waals surface area contributed by atoms with Crippen LogP contribution in [0, 0.1) is 6.92 Å². The number of methoxy groups -OCH3 is 1. The third-order valence-electron chi connectivity index (χ3n) is 10.1. The van der Waals surface area contributed by atoms with Crippen molar-refractivity contribution in [2.45, 2.75) is 30.7 Å². The third-order valence-corrected chi connectivity index (χ3v) is 13.9. The number of ether oxygens (including phenoxy) is 1. The van der Waals surface area contributed by atoms with Crippen LogP contribution in [0.5, 0.6) is 5.75 Å². The van der Waals surface area contributed by atoms with Gasteiger partial charge in [0, 0.05) is 63.3 Å². The highest BCUT2D eigenvalue weighted by Gasteiger charge is 2.30. The highest BCUT2D eigenvalue weighted by atomic mass is 32.2. The number of anilines is 3. The maximum Gasteiger partial charge on any atom is 0.278 e. The summed E-state index contributed by atoms with van der Waals surface area (Å²) in [6.45, 7) is 6.08. The van der Waals surface area contributed by atoms with E-state index >= 15 is 0 Å². The lowest BCUT2D eigenvalue weighted by molar-refractivity contribution is 0.120. The minimum Gasteiger partial charge on any atom is -0.494 e. The Bertz CT molecular complexity index is 2600. The molecule has 0 saturated carbocycles. The molecule has 6 aromatic rings. The van der Waals surface area contributed by atoms with E-state index in [9.17, 15) is 21.6 Å². The highest BCUT2D eigenvalue weighted by Crippen LogP contribution is 2.35. The van der Waals surface area contributed by atoms with E-state index in [0.717, 1.165) is 54.2 Å². The maximum absolute atomic E-state index is 13.9. The monoisotopic (exact) mass is 762 g/mol. The number of piperidine rings is 1. The number of sulfonamides is 1. The first-order valence-corrected chi connectivity index (χ1v) is 21.1. The van der Waals surface area contributed by atoms with Crippen LogP contribution in [0.25, 0.3) is 26.9 Å². The SMILES string of the molecule is COc1cc(N2CCC(N3CCN(S(C)(=O)=O)CC3)CC2)ccc1Nc1nc2c(ccn2S(=O)(=O)c2ccc(C)cc2)c2nc3ccsc3c(=O)n12. The molecule has 4 aromatic heterocycles. The standard InChI is InChI=1S/C35H38N8O6S3/c1-23-4-7-26(8-5-23)52(47,48)42-16-12-27-32(42)38-35(43-33(27)36-29-13-21-50-31(29)34(43)44)37-28-9-6-25(22-30(28)49-2)39-14-10-24(11-15-39)40-17-19-41(20-18-40)51(3,45)46/h4-9,12-13,16,21-22,24H,10-11,14-15,17-20H2,1-3H3,(H,37,38). The van der Waals surface area contributed by atoms with E-state index in [1.807, 2.05) is 25.1 Å². The molecule has 0 unspecified atom stereocenters. The minimum atomic E-state index is -4.04. The highest BCUT2D eigenvalue weighted by molar-refractivity contribution is 7.90. The number of hydrogen-bond donors (Lipinski definition) is 1. The average molecular weight is 763 g/mol. The van der Waals surface area contributed by atoms with Crippen LogP contribution < -0.4 is 20.5 Å². The first-order chi connectivity index (χ1) is 24.9. The van der Waals surface area contributed by atoms with Crippen LogP contribution in [0.1, 0.15) is 18.4 Å². The van der Waals surface area contributed by atoms with Crippen LogP contribution in [0.3, 0.4) is 0 Å². The summed E-state index contributed by atoms with van der Waals surface area (Å²) in [5, 5.41) is 5.49. The van der Waals surface area contributed by atoms with Gasteiger partial charge in [-0.15, -0.1) is 11.3 Å². The van der Waals surface area contributed by atoms with E-state index in [1.165, 1.54) is 28.2 Å². The second-order valence-electron chi connectivity index (χ2n) is 13.2. The molecule has 14 nitrogen and oxygen atoms in total. The first kappa shape index (κ1) is 34.5. The Labute approximate surface area is 305 Å². The molecule has 1 N–H and O–H groups in total. The minimum absolute atomic E-state index is 0.0946. The zero-order valence-electron chi connectivity index (χ0n) is 28.9. The summed E-state index contributed by atoms with van der Waals surface area (Å²) in [5.41, 5.74) is 3.05. The number of thiophene rings is 1. The molecule has 52 heavy (non-hydrogen) atoms. The molecule has 8 rings (SSSR count). The largest absolute Gasteiger partial charge is 0.494 e. The molecule has 2 aromatic carbocycles. The molecule has 0 aliphatic carbocycles. The molecule has 272 valence electrons. The topological polar surface area (TPSA) is 151 Å². The fraction of sp³-hybridized carbons (Fsp3) is 0.343. The Balaban J connectivity index is 1.11. The third kappa shape index (κ3) is 6.09. The van der Waals surface area contributed by atoms with Crippen molar-refractivity contribution in [1.29, 1.82) is 0 Å². The van der Waals surface area contributed by atoms with Crippen LogP contribution in [0.15, 0.2) is 75.9 Å². The van der Waals surface area contributed by atoms with Crippen molar-refractivity contribution in [3.8, 4) is 5.75 Å². The van der Waals surface area contributed by atoms with Crippen LogP contribution in [-0.4, -0.2) is 103 Å². The van der Waals surface area contributed by atoms with Gasteiger partial charge in [-0.05, 0) is 61.5 Å². The number of aromatic nitrogens is 4. The van der Waals surface area contributed by atoms with Crippen molar-refractivity contribution in [2.75, 3.05) is 62.9 Å². The van der Waals surface area contributed by atoms with Gasteiger partial charge in [0.2, 0.25) is 16.0 Å². The van der Waals surface area contributed by atoms with Gasteiger partial charge in [0.25, 0.3) is 15.6 Å². The maximum atomic E-state index is 13.9. The Kier molecular flexibility index (Phi) is 8.73. The summed E-state index contributed by atoms with van der Waals surface area (Å²) in [7, 11) is -5.63. The summed E-state index contributed by atoms with van der Waals surface area (Å²) in [4.78, 5) is 28.3. The summed E-state index contributed by atoms with van der Waals surface area (Å²) in [6.07, 6.45) is 4.62. The molecule has 2 saturated heterocycles. The zero-order valence-corrected chi connectivity index (χ0v) is 31.3. The molecule has 2 aliphatic heterocycles. The van der Waals surface area contributed by atoms with Gasteiger partial charge in [0.1, 0.15) is 10.4 Å². The van der Waals surface area contributed by atoms with Crippen LogP contribution in [-0.2, 0) is 20.0 Å². The Morgan fingerprint density at radius 3 is 2.31 bits per heavy atom. The van der Waals surface area contributed by atoms with Crippen molar-refractivity contribution in [3.63, 3.8) is 0 Å². The Morgan fingerprint density at radius 2 is 1.62 bits per heavy atom. The molecule has 17 heteroatoms. The fourth-order valence-corrected chi connectivity index (χ4v) is 10.1. The van der Waals surface area contributed by atoms with Crippen molar-refractivity contribution in [1.82, 2.24) is 27.5 Å². The number of rotatable bonds is 8. The molecular weight excluding hydrogens is 725 g/mol. The molecule has 0 bridgehead atoms. The summed E-state index contributed by atoms with van der Waals surface area (Å²) >= 11 is 1.28. The van der Waals surface area contributed by atoms with E-state index in [-0.39, 0.29) is 27.7 Å².